The first-order chi connectivity index (χ1) is 29.1. The molecular weight excluding hydrogens is 818 g/mol. The number of nitrogens with two attached hydrogens (primary N) is 2. The van der Waals surface area contributed by atoms with E-state index in [1.165, 1.54) is 0 Å². The van der Waals surface area contributed by atoms with Crippen molar-refractivity contribution in [1.29, 1.82) is 0 Å². The average molecular weight is 878 g/mol. The topological polar surface area (TPSA) is 377 Å². The molecule has 0 saturated heterocycles. The highest BCUT2D eigenvalue weighted by Crippen LogP contribution is 2.67. The Kier molecular flexibility index (Phi) is 16.3. The predicted octanol–water partition coefficient (Wildman–Crippen LogP) is -2.71. The molecule has 4 rings (SSSR count). The van der Waals surface area contributed by atoms with Crippen LogP contribution in [-0.2, 0) is 47.9 Å². The van der Waals surface area contributed by atoms with Crippen LogP contribution in [0.1, 0.15) is 90.9 Å². The molecule has 3 fully saturated rings. The molecule has 3 unspecified atom stereocenters. The number of hydrogen-bond donors (Lipinski definition) is 11. The molecule has 4 aliphatic rings. The third-order valence-electron chi connectivity index (χ3n) is 13.3. The number of aliphatic carboxylic acids is 2. The fourth-order valence-electron chi connectivity index (χ4n) is 10.1. The molecular formula is C40H59N7O15. The van der Waals surface area contributed by atoms with Gasteiger partial charge in [-0.25, -0.2) is 4.79 Å². The summed E-state index contributed by atoms with van der Waals surface area (Å²) in [5.41, 5.74) is 8.50. The van der Waals surface area contributed by atoms with E-state index in [2.05, 4.69) is 27.9 Å². The van der Waals surface area contributed by atoms with Crippen LogP contribution in [0.25, 0.3) is 0 Å². The Labute approximate surface area is 357 Å². The molecule has 10 atom stereocenters. The number of fused-ring (bicyclic) bond motifs is 5. The van der Waals surface area contributed by atoms with E-state index in [0.717, 1.165) is 5.57 Å². The second-order valence-corrected chi connectivity index (χ2v) is 17.1. The second-order valence-electron chi connectivity index (χ2n) is 17.1. The number of ether oxygens (including phenoxy) is 1. The maximum atomic E-state index is 13.7. The van der Waals surface area contributed by atoms with Crippen LogP contribution >= 0.6 is 0 Å². The SMILES string of the molecule is C[C@]12CCC(=O)C=C1CCC1C2[C@@H](O)C[C@@]2(C)C1CC[C@]2(O)C(=O)COC(=O)CCC(=O)N[C@@H](CCCN=C(N)N)C(=O)NCC(=O)N[C@@H](CC(=O)O)C(=O)N[C@@H](CO)C(=O)O. The molecule has 22 heteroatoms. The van der Waals surface area contributed by atoms with Crippen molar-refractivity contribution >= 4 is 59.1 Å². The lowest BCUT2D eigenvalue weighted by Crippen LogP contribution is -2.62. The van der Waals surface area contributed by atoms with Gasteiger partial charge in [0.25, 0.3) is 0 Å². The molecule has 0 aromatic heterocycles. The van der Waals surface area contributed by atoms with Crippen LogP contribution in [-0.4, -0.2) is 141 Å². The fraction of sp³-hybridized carbons (Fsp3) is 0.700. The molecule has 13 N–H and O–H groups in total. The molecule has 0 aromatic carbocycles. The van der Waals surface area contributed by atoms with Gasteiger partial charge in [-0.1, -0.05) is 19.4 Å². The number of carboxylic acids is 2. The van der Waals surface area contributed by atoms with E-state index < -0.39 is 122 Å². The number of nitrogens with zero attached hydrogens (tertiary/aromatic N) is 1. The van der Waals surface area contributed by atoms with Crippen LogP contribution in [0.3, 0.4) is 0 Å². The zero-order valence-corrected chi connectivity index (χ0v) is 34.9. The van der Waals surface area contributed by atoms with E-state index in [-0.39, 0.29) is 67.1 Å². The lowest BCUT2D eigenvalue weighted by atomic mass is 9.45. The number of carboxylic acid groups (broad SMARTS) is 2. The van der Waals surface area contributed by atoms with Gasteiger partial charge in [0.15, 0.2) is 18.3 Å². The predicted molar refractivity (Wildman–Crippen MR) is 214 cm³/mol. The highest BCUT2D eigenvalue weighted by atomic mass is 16.5. The number of Topliss-reactive ketones (excluding diaryl/α,β-unsaturated/α-hetero) is 1. The smallest absolute Gasteiger partial charge is 0.328 e. The van der Waals surface area contributed by atoms with Crippen molar-refractivity contribution in [2.45, 2.75) is 121 Å². The summed E-state index contributed by atoms with van der Waals surface area (Å²) in [6.07, 6.45) is 2.24. The van der Waals surface area contributed by atoms with Gasteiger partial charge in [-0.3, -0.25) is 43.3 Å². The van der Waals surface area contributed by atoms with Gasteiger partial charge in [0.2, 0.25) is 29.4 Å². The lowest BCUT2D eigenvalue weighted by molar-refractivity contribution is -0.184. The molecule has 4 aliphatic carbocycles. The second kappa shape index (κ2) is 20.6. The zero-order chi connectivity index (χ0) is 46.2. The molecule has 0 spiro atoms. The quantitative estimate of drug-likeness (QED) is 0.0242. The summed E-state index contributed by atoms with van der Waals surface area (Å²) in [5, 5.41) is 59.6. The van der Waals surface area contributed by atoms with Gasteiger partial charge in [0.05, 0.1) is 32.1 Å². The minimum absolute atomic E-state index is 0.0131. The molecule has 4 amide bonds. The molecule has 0 aliphatic heterocycles. The number of rotatable bonds is 21. The van der Waals surface area contributed by atoms with Gasteiger partial charge in [0, 0.05) is 24.8 Å². The highest BCUT2D eigenvalue weighted by Gasteiger charge is 2.68. The normalized spacial score (nSPS) is 28.8. The van der Waals surface area contributed by atoms with Gasteiger partial charge in [-0.05, 0) is 80.6 Å². The van der Waals surface area contributed by atoms with Crippen molar-refractivity contribution in [3.8, 4) is 0 Å². The number of aliphatic imine (C=N–C) groups is 1. The van der Waals surface area contributed by atoms with Crippen molar-refractivity contribution in [1.82, 2.24) is 21.3 Å². The van der Waals surface area contributed by atoms with Crippen molar-refractivity contribution in [2.24, 2.45) is 45.0 Å². The van der Waals surface area contributed by atoms with E-state index in [1.807, 2.05) is 5.32 Å². The summed E-state index contributed by atoms with van der Waals surface area (Å²) in [4.78, 5) is 116. The zero-order valence-electron chi connectivity index (χ0n) is 34.9. The number of ketones is 2. The summed E-state index contributed by atoms with van der Waals surface area (Å²) in [6, 6.07) is -4.89. The summed E-state index contributed by atoms with van der Waals surface area (Å²) in [6.45, 7) is 1.33. The molecule has 0 aromatic rings. The standard InChI is InChI=1S/C40H59N7O15/c1-38-11-9-21(49)14-20(38)5-6-22-23-10-12-40(61,39(23,2)16-27(50)33(22)38)28(51)19-62-32(56)8-7-29(52)45-24(4-3-13-43-37(41)42)34(57)44-17-30(53)46-25(15-31(54)55)35(58)47-26(18-48)36(59)60/h14,22-27,33,48,50,61H,3-13,15-19H2,1-2H3,(H,44,57)(H,45,52)(H,46,53)(H,47,58)(H,54,55)(H,59,60)(H4,41,42,43)/t22?,23?,24-,25-,26-,27-,33?,38-,39-,40-/m0/s1. The third kappa shape index (κ3) is 11.3. The fourth-order valence-corrected chi connectivity index (χ4v) is 10.1. The summed E-state index contributed by atoms with van der Waals surface area (Å²) in [5.74, 6) is -9.16. The lowest BCUT2D eigenvalue weighted by Gasteiger charge is -2.60. The molecule has 3 saturated carbocycles. The Hall–Kier alpha value is -5.48. The van der Waals surface area contributed by atoms with E-state index in [9.17, 15) is 58.5 Å². The highest BCUT2D eigenvalue weighted by molar-refractivity contribution is 5.95. The summed E-state index contributed by atoms with van der Waals surface area (Å²) >= 11 is 0. The van der Waals surface area contributed by atoms with Crippen LogP contribution in [0, 0.1) is 28.6 Å². The van der Waals surface area contributed by atoms with Crippen LogP contribution in [0.4, 0.5) is 0 Å². The van der Waals surface area contributed by atoms with E-state index in [0.29, 0.717) is 32.1 Å². The number of allylic oxidation sites excluding steroid dienone is 1. The van der Waals surface area contributed by atoms with Crippen LogP contribution in [0.15, 0.2) is 16.6 Å². The number of nitrogens with one attached hydrogen (secondary N) is 4. The first-order valence-corrected chi connectivity index (χ1v) is 20.7. The number of carbonyl (C=O) groups excluding carboxylic acids is 7. The van der Waals surface area contributed by atoms with Crippen LogP contribution in [0.2, 0.25) is 0 Å². The minimum atomic E-state index is -1.89. The van der Waals surface area contributed by atoms with Crippen LogP contribution < -0.4 is 32.7 Å². The monoisotopic (exact) mass is 877 g/mol. The maximum Gasteiger partial charge on any atom is 0.328 e. The molecule has 0 heterocycles. The van der Waals surface area contributed by atoms with E-state index in [4.69, 9.17) is 26.4 Å². The maximum absolute atomic E-state index is 13.7. The number of carbonyl (C=O) groups is 9. The number of hydrogen-bond acceptors (Lipinski definition) is 14. The number of aliphatic hydroxyl groups is 3. The molecule has 0 radical (unpaired) electrons. The third-order valence-corrected chi connectivity index (χ3v) is 13.3. The van der Waals surface area contributed by atoms with Gasteiger partial charge < -0.3 is 63.0 Å². The molecule has 62 heavy (non-hydrogen) atoms. The van der Waals surface area contributed by atoms with Crippen molar-refractivity contribution in [3.63, 3.8) is 0 Å². The summed E-state index contributed by atoms with van der Waals surface area (Å²) < 4.78 is 5.22. The minimum Gasteiger partial charge on any atom is -0.481 e. The molecule has 344 valence electrons. The van der Waals surface area contributed by atoms with E-state index >= 15 is 0 Å². The molecule has 22 nitrogen and oxygen atoms in total. The first kappa shape index (κ1) is 49.2. The first-order valence-electron chi connectivity index (χ1n) is 20.7. The van der Waals surface area contributed by atoms with E-state index in [1.54, 1.807) is 13.0 Å². The molecule has 0 bridgehead atoms. The van der Waals surface area contributed by atoms with Gasteiger partial charge in [0.1, 0.15) is 23.7 Å². The number of guanidine groups is 1. The van der Waals surface area contributed by atoms with Crippen LogP contribution in [0.5, 0.6) is 0 Å². The van der Waals surface area contributed by atoms with Crippen molar-refractivity contribution in [3.05, 3.63) is 11.6 Å². The number of aliphatic hydroxyl groups excluding tert-OH is 2. The Morgan fingerprint density at radius 2 is 1.61 bits per heavy atom. The van der Waals surface area contributed by atoms with Gasteiger partial charge >= 0.3 is 17.9 Å². The Balaban J connectivity index is 1.30. The van der Waals surface area contributed by atoms with Crippen molar-refractivity contribution in [2.75, 3.05) is 26.3 Å². The Bertz CT molecular complexity index is 1850. The average Bonchev–Trinajstić information content (AvgIpc) is 3.47. The van der Waals surface area contributed by atoms with Gasteiger partial charge in [-0.2, -0.15) is 0 Å². The Morgan fingerprint density at radius 1 is 0.919 bits per heavy atom. The summed E-state index contributed by atoms with van der Waals surface area (Å²) in [7, 11) is 0. The van der Waals surface area contributed by atoms with Crippen molar-refractivity contribution < 1.29 is 73.4 Å². The number of amides is 4. The largest absolute Gasteiger partial charge is 0.481 e. The number of esters is 1. The Morgan fingerprint density at radius 3 is 2.26 bits per heavy atom. The van der Waals surface area contributed by atoms with Gasteiger partial charge in [-0.15, -0.1) is 0 Å².